The number of pyridine rings is 1. The summed E-state index contributed by atoms with van der Waals surface area (Å²) in [6.07, 6.45) is 1.51. The highest BCUT2D eigenvalue weighted by Crippen LogP contribution is 2.19. The quantitative estimate of drug-likeness (QED) is 0.853. The summed E-state index contributed by atoms with van der Waals surface area (Å²) in [5.74, 6) is -0.285. The van der Waals surface area contributed by atoms with E-state index in [1.807, 2.05) is 13.8 Å². The van der Waals surface area contributed by atoms with Gasteiger partial charge < -0.3 is 11.1 Å². The number of aryl methyl sites for hydroxylation is 1. The number of hydrogen-bond acceptors (Lipinski definition) is 5. The van der Waals surface area contributed by atoms with Crippen LogP contribution in [0.2, 0.25) is 5.15 Å². The van der Waals surface area contributed by atoms with Gasteiger partial charge in [-0.05, 0) is 25.5 Å². The lowest BCUT2D eigenvalue weighted by Crippen LogP contribution is -2.13. The molecular formula is C12H13ClN4OS. The third-order valence-corrected chi connectivity index (χ3v) is 3.86. The molecule has 1 atom stereocenters. The van der Waals surface area contributed by atoms with E-state index < -0.39 is 0 Å². The first kappa shape index (κ1) is 13.9. The summed E-state index contributed by atoms with van der Waals surface area (Å²) in [4.78, 5) is 20.1. The Kier molecular flexibility index (Phi) is 4.14. The lowest BCUT2D eigenvalue weighted by Gasteiger charge is -2.04. The first-order chi connectivity index (χ1) is 8.97. The van der Waals surface area contributed by atoms with Gasteiger partial charge in [0.25, 0.3) is 5.91 Å². The van der Waals surface area contributed by atoms with Gasteiger partial charge in [0.15, 0.2) is 0 Å². The third-order valence-electron chi connectivity index (χ3n) is 2.42. The van der Waals surface area contributed by atoms with Crippen molar-refractivity contribution in [2.75, 3.05) is 5.32 Å². The molecule has 0 aromatic carbocycles. The molecule has 2 aromatic heterocycles. The number of anilines is 1. The second-order valence-corrected chi connectivity index (χ2v) is 5.39. The van der Waals surface area contributed by atoms with Gasteiger partial charge in [0.1, 0.15) is 15.9 Å². The van der Waals surface area contributed by atoms with E-state index in [1.54, 1.807) is 11.4 Å². The lowest BCUT2D eigenvalue weighted by molar-refractivity contribution is 0.102. The minimum absolute atomic E-state index is 0.175. The number of carbonyl (C=O) groups excluding carboxylic acids is 1. The van der Waals surface area contributed by atoms with Crippen molar-refractivity contribution in [3.63, 3.8) is 0 Å². The zero-order chi connectivity index (χ0) is 14.0. The van der Waals surface area contributed by atoms with E-state index in [-0.39, 0.29) is 11.9 Å². The van der Waals surface area contributed by atoms with E-state index in [4.69, 9.17) is 17.3 Å². The molecule has 0 aliphatic rings. The van der Waals surface area contributed by atoms with Crippen molar-refractivity contribution in [2.45, 2.75) is 19.9 Å². The molecule has 0 fully saturated rings. The van der Waals surface area contributed by atoms with Crippen molar-refractivity contribution < 1.29 is 4.79 Å². The van der Waals surface area contributed by atoms with Crippen LogP contribution in [0.1, 0.15) is 34.0 Å². The van der Waals surface area contributed by atoms with E-state index >= 15 is 0 Å². The molecule has 0 aliphatic carbocycles. The fourth-order valence-electron chi connectivity index (χ4n) is 1.42. The number of thiazole rings is 1. The molecule has 1 unspecified atom stereocenters. The van der Waals surface area contributed by atoms with E-state index in [0.717, 1.165) is 10.6 Å². The monoisotopic (exact) mass is 296 g/mol. The number of halogens is 1. The molecule has 0 radical (unpaired) electrons. The Morgan fingerprint density at radius 2 is 2.32 bits per heavy atom. The highest BCUT2D eigenvalue weighted by Gasteiger charge is 2.13. The minimum Gasteiger partial charge on any atom is -0.322 e. The van der Waals surface area contributed by atoms with Crippen molar-refractivity contribution in [1.82, 2.24) is 9.97 Å². The van der Waals surface area contributed by atoms with Crippen molar-refractivity contribution in [3.05, 3.63) is 39.1 Å². The fourth-order valence-corrected chi connectivity index (χ4v) is 2.28. The maximum atomic E-state index is 12.0. The maximum Gasteiger partial charge on any atom is 0.275 e. The maximum absolute atomic E-state index is 12.0. The first-order valence-corrected chi connectivity index (χ1v) is 6.87. The Hall–Kier alpha value is -1.50. The van der Waals surface area contributed by atoms with Gasteiger partial charge in [-0.3, -0.25) is 4.79 Å². The summed E-state index contributed by atoms with van der Waals surface area (Å²) in [6.45, 7) is 3.65. The van der Waals surface area contributed by atoms with Gasteiger partial charge in [0, 0.05) is 5.38 Å². The lowest BCUT2D eigenvalue weighted by atomic mass is 10.3. The largest absolute Gasteiger partial charge is 0.322 e. The van der Waals surface area contributed by atoms with Crippen LogP contribution in [-0.4, -0.2) is 15.9 Å². The molecule has 2 rings (SSSR count). The number of nitrogens with two attached hydrogens (primary N) is 1. The summed E-state index contributed by atoms with van der Waals surface area (Å²) < 4.78 is 0. The topological polar surface area (TPSA) is 80.9 Å². The molecule has 3 N–H and O–H groups in total. The molecule has 0 saturated carbocycles. The van der Waals surface area contributed by atoms with Crippen LogP contribution in [0.25, 0.3) is 0 Å². The van der Waals surface area contributed by atoms with Crippen molar-refractivity contribution in [3.8, 4) is 0 Å². The minimum atomic E-state index is -0.285. The zero-order valence-electron chi connectivity index (χ0n) is 10.5. The summed E-state index contributed by atoms with van der Waals surface area (Å²) in [6, 6.07) is 1.58. The molecule has 0 aliphatic heterocycles. The molecular weight excluding hydrogens is 284 g/mol. The number of carbonyl (C=O) groups is 1. The Morgan fingerprint density at radius 1 is 1.58 bits per heavy atom. The number of amides is 1. The third kappa shape index (κ3) is 3.28. The number of nitrogens with zero attached hydrogens (tertiary/aromatic N) is 2. The second-order valence-electron chi connectivity index (χ2n) is 4.15. The summed E-state index contributed by atoms with van der Waals surface area (Å²) in [7, 11) is 0. The molecule has 5 nitrogen and oxygen atoms in total. The number of nitrogens with one attached hydrogen (secondary N) is 1. The average molecular weight is 297 g/mol. The van der Waals surface area contributed by atoms with Gasteiger partial charge in [0.2, 0.25) is 0 Å². The Bertz CT molecular complexity index is 612. The van der Waals surface area contributed by atoms with Crippen molar-refractivity contribution >= 4 is 34.5 Å². The molecule has 7 heteroatoms. The van der Waals surface area contributed by atoms with Crippen LogP contribution in [0.15, 0.2) is 17.6 Å². The predicted octanol–water partition coefficient (Wildman–Crippen LogP) is 2.77. The average Bonchev–Trinajstić information content (AvgIpc) is 2.83. The predicted molar refractivity (Wildman–Crippen MR) is 76.7 cm³/mol. The van der Waals surface area contributed by atoms with Gasteiger partial charge in [-0.15, -0.1) is 11.3 Å². The van der Waals surface area contributed by atoms with Crippen LogP contribution in [0, 0.1) is 6.92 Å². The van der Waals surface area contributed by atoms with E-state index in [0.29, 0.717) is 16.5 Å². The fraction of sp³-hybridized carbons (Fsp3) is 0.250. The van der Waals surface area contributed by atoms with Crippen LogP contribution in [0.3, 0.4) is 0 Å². The molecule has 0 saturated heterocycles. The van der Waals surface area contributed by atoms with Gasteiger partial charge >= 0.3 is 0 Å². The van der Waals surface area contributed by atoms with E-state index in [1.165, 1.54) is 17.5 Å². The van der Waals surface area contributed by atoms with Gasteiger partial charge in [0.05, 0.1) is 17.9 Å². The molecule has 100 valence electrons. The van der Waals surface area contributed by atoms with Gasteiger partial charge in [-0.2, -0.15) is 0 Å². The smallest absolute Gasteiger partial charge is 0.275 e. The van der Waals surface area contributed by atoms with Crippen LogP contribution in [0.5, 0.6) is 0 Å². The molecule has 19 heavy (non-hydrogen) atoms. The molecule has 2 heterocycles. The first-order valence-electron chi connectivity index (χ1n) is 5.62. The zero-order valence-corrected chi connectivity index (χ0v) is 12.0. The van der Waals surface area contributed by atoms with Crippen molar-refractivity contribution in [1.29, 1.82) is 0 Å². The summed E-state index contributed by atoms with van der Waals surface area (Å²) >= 11 is 7.19. The second kappa shape index (κ2) is 5.64. The molecule has 1 amide bonds. The highest BCUT2D eigenvalue weighted by atomic mass is 35.5. The number of hydrogen-bond donors (Lipinski definition) is 2. The van der Waals surface area contributed by atoms with E-state index in [9.17, 15) is 4.79 Å². The Morgan fingerprint density at radius 3 is 2.89 bits per heavy atom. The van der Waals surface area contributed by atoms with Crippen LogP contribution in [0.4, 0.5) is 5.69 Å². The number of aromatic nitrogens is 2. The van der Waals surface area contributed by atoms with Gasteiger partial charge in [-0.1, -0.05) is 11.6 Å². The highest BCUT2D eigenvalue weighted by molar-refractivity contribution is 7.09. The van der Waals surface area contributed by atoms with Crippen LogP contribution < -0.4 is 11.1 Å². The molecule has 2 aromatic rings. The molecule has 0 spiro atoms. The number of rotatable bonds is 3. The Labute approximate surface area is 119 Å². The van der Waals surface area contributed by atoms with Crippen LogP contribution >= 0.6 is 22.9 Å². The Balaban J connectivity index is 2.13. The normalized spacial score (nSPS) is 12.2. The van der Waals surface area contributed by atoms with Gasteiger partial charge in [-0.25, -0.2) is 9.97 Å². The standard InChI is InChI=1S/C12H13ClN4OS/c1-6-3-8(4-15-10(6)13)16-11(18)9-5-19-12(17-9)7(2)14/h3-5,7H,14H2,1-2H3,(H,16,18). The van der Waals surface area contributed by atoms with E-state index in [2.05, 4.69) is 15.3 Å². The van der Waals surface area contributed by atoms with Crippen molar-refractivity contribution in [2.24, 2.45) is 5.73 Å². The summed E-state index contributed by atoms with van der Waals surface area (Å²) in [5, 5.41) is 5.56. The molecule has 0 bridgehead atoms. The SMILES string of the molecule is Cc1cc(NC(=O)c2csc(C(C)N)n2)cnc1Cl. The van der Waals surface area contributed by atoms with Crippen LogP contribution in [-0.2, 0) is 0 Å². The summed E-state index contributed by atoms with van der Waals surface area (Å²) in [5.41, 5.74) is 7.45.